The van der Waals surface area contributed by atoms with Gasteiger partial charge >= 0.3 is 0 Å². The molecule has 2 amide bonds. The van der Waals surface area contributed by atoms with Crippen LogP contribution in [0.3, 0.4) is 0 Å². The van der Waals surface area contributed by atoms with E-state index >= 15 is 0 Å². The highest BCUT2D eigenvalue weighted by Gasteiger charge is 2.13. The Bertz CT molecular complexity index is 601. The third kappa shape index (κ3) is 7.25. The minimum atomic E-state index is -0.426. The molecule has 1 aromatic carbocycles. The zero-order valence-corrected chi connectivity index (χ0v) is 14.4. The molecule has 0 spiro atoms. The number of ether oxygens (including phenoxy) is 1. The zero-order chi connectivity index (χ0) is 17.9. The Morgan fingerprint density at radius 1 is 1.08 bits per heavy atom. The molecule has 1 aromatic rings. The lowest BCUT2D eigenvalue weighted by Crippen LogP contribution is -2.43. The van der Waals surface area contributed by atoms with Crippen LogP contribution in [-0.4, -0.2) is 18.4 Å². The van der Waals surface area contributed by atoms with Crippen LogP contribution < -0.4 is 15.6 Å². The first kappa shape index (κ1) is 18.8. The number of hydrogen-bond acceptors (Lipinski definition) is 4. The van der Waals surface area contributed by atoms with Gasteiger partial charge in [-0.05, 0) is 43.0 Å². The fourth-order valence-corrected chi connectivity index (χ4v) is 3.04. The second kappa shape index (κ2) is 10.3. The molecule has 1 aliphatic carbocycles. The van der Waals surface area contributed by atoms with E-state index in [2.05, 4.69) is 10.9 Å². The SMILES string of the molecule is N#Cc1ccc(OCC(=O)NNC(=O)CCCC2CCCCC2)cc1. The summed E-state index contributed by atoms with van der Waals surface area (Å²) in [4.78, 5) is 23.4. The maximum atomic E-state index is 11.7. The van der Waals surface area contributed by atoms with Crippen molar-refractivity contribution in [2.24, 2.45) is 5.92 Å². The van der Waals surface area contributed by atoms with Gasteiger partial charge in [-0.1, -0.05) is 32.1 Å². The van der Waals surface area contributed by atoms with Crippen molar-refractivity contribution >= 4 is 11.8 Å². The molecule has 25 heavy (non-hydrogen) atoms. The summed E-state index contributed by atoms with van der Waals surface area (Å²) in [6.07, 6.45) is 8.90. The fraction of sp³-hybridized carbons (Fsp3) is 0.526. The Hall–Kier alpha value is -2.55. The molecule has 0 radical (unpaired) electrons. The third-order valence-electron chi connectivity index (χ3n) is 4.44. The van der Waals surface area contributed by atoms with Crippen molar-refractivity contribution in [1.29, 1.82) is 5.26 Å². The maximum Gasteiger partial charge on any atom is 0.276 e. The van der Waals surface area contributed by atoms with Crippen LogP contribution in [-0.2, 0) is 9.59 Å². The highest BCUT2D eigenvalue weighted by atomic mass is 16.5. The molecule has 1 saturated carbocycles. The van der Waals surface area contributed by atoms with Gasteiger partial charge in [0.2, 0.25) is 5.91 Å². The summed E-state index contributed by atoms with van der Waals surface area (Å²) < 4.78 is 5.29. The number of carbonyl (C=O) groups is 2. The van der Waals surface area contributed by atoms with Gasteiger partial charge in [0.15, 0.2) is 6.61 Å². The Kier molecular flexibility index (Phi) is 7.77. The van der Waals surface area contributed by atoms with E-state index in [1.54, 1.807) is 24.3 Å². The zero-order valence-electron chi connectivity index (χ0n) is 14.4. The molecule has 134 valence electrons. The first-order chi connectivity index (χ1) is 12.2. The van der Waals surface area contributed by atoms with Gasteiger partial charge in [0.1, 0.15) is 5.75 Å². The van der Waals surface area contributed by atoms with Crippen LogP contribution in [0.15, 0.2) is 24.3 Å². The number of hydrogen-bond donors (Lipinski definition) is 2. The van der Waals surface area contributed by atoms with Gasteiger partial charge in [0.05, 0.1) is 11.6 Å². The Labute approximate surface area is 148 Å². The molecule has 1 fully saturated rings. The smallest absolute Gasteiger partial charge is 0.276 e. The number of nitriles is 1. The van der Waals surface area contributed by atoms with E-state index in [1.807, 2.05) is 6.07 Å². The summed E-state index contributed by atoms with van der Waals surface area (Å²) in [5, 5.41) is 8.71. The van der Waals surface area contributed by atoms with Gasteiger partial charge in [-0.2, -0.15) is 5.26 Å². The molecular formula is C19H25N3O3. The Morgan fingerprint density at radius 3 is 2.44 bits per heavy atom. The molecule has 2 N–H and O–H groups in total. The fourth-order valence-electron chi connectivity index (χ4n) is 3.04. The van der Waals surface area contributed by atoms with Crippen LogP contribution in [0.2, 0.25) is 0 Å². The van der Waals surface area contributed by atoms with E-state index in [0.29, 0.717) is 17.7 Å². The van der Waals surface area contributed by atoms with Crippen LogP contribution in [0.25, 0.3) is 0 Å². The molecule has 0 aromatic heterocycles. The average Bonchev–Trinajstić information content (AvgIpc) is 2.66. The molecule has 0 atom stereocenters. The average molecular weight is 343 g/mol. The van der Waals surface area contributed by atoms with Crippen LogP contribution >= 0.6 is 0 Å². The van der Waals surface area contributed by atoms with Gasteiger partial charge in [0, 0.05) is 6.42 Å². The lowest BCUT2D eigenvalue weighted by atomic mass is 9.86. The first-order valence-electron chi connectivity index (χ1n) is 8.88. The van der Waals surface area contributed by atoms with Gasteiger partial charge in [0.25, 0.3) is 5.91 Å². The normalized spacial score (nSPS) is 14.4. The number of nitrogens with one attached hydrogen (secondary N) is 2. The van der Waals surface area contributed by atoms with Crippen molar-refractivity contribution in [3.8, 4) is 11.8 Å². The third-order valence-corrected chi connectivity index (χ3v) is 4.44. The molecule has 0 bridgehead atoms. The van der Waals surface area contributed by atoms with Gasteiger partial charge in [-0.25, -0.2) is 0 Å². The van der Waals surface area contributed by atoms with E-state index in [9.17, 15) is 9.59 Å². The lowest BCUT2D eigenvalue weighted by molar-refractivity contribution is -0.130. The number of hydrazine groups is 1. The van der Waals surface area contributed by atoms with Crippen molar-refractivity contribution in [1.82, 2.24) is 10.9 Å². The molecule has 1 aliphatic rings. The van der Waals surface area contributed by atoms with Crippen LogP contribution in [0.5, 0.6) is 5.75 Å². The van der Waals surface area contributed by atoms with Crippen LogP contribution in [0.4, 0.5) is 0 Å². The van der Waals surface area contributed by atoms with Gasteiger partial charge in [-0.15, -0.1) is 0 Å². The highest BCUT2D eigenvalue weighted by Crippen LogP contribution is 2.27. The molecule has 0 aliphatic heterocycles. The Balaban J connectivity index is 1.55. The predicted molar refractivity (Wildman–Crippen MR) is 93.4 cm³/mol. The summed E-state index contributed by atoms with van der Waals surface area (Å²) in [7, 11) is 0. The van der Waals surface area contributed by atoms with Crippen molar-refractivity contribution in [3.63, 3.8) is 0 Å². The van der Waals surface area contributed by atoms with Crippen molar-refractivity contribution in [3.05, 3.63) is 29.8 Å². The predicted octanol–water partition coefficient (Wildman–Crippen LogP) is 2.84. The van der Waals surface area contributed by atoms with Gasteiger partial charge in [-0.3, -0.25) is 20.4 Å². The van der Waals surface area contributed by atoms with Crippen molar-refractivity contribution < 1.29 is 14.3 Å². The molecule has 6 nitrogen and oxygen atoms in total. The van der Waals surface area contributed by atoms with E-state index in [-0.39, 0.29) is 12.5 Å². The molecular weight excluding hydrogens is 318 g/mol. The van der Waals surface area contributed by atoms with Gasteiger partial charge < -0.3 is 4.74 Å². The molecule has 0 unspecified atom stereocenters. The minimum absolute atomic E-state index is 0.178. The van der Waals surface area contributed by atoms with E-state index in [1.165, 1.54) is 32.1 Å². The molecule has 2 rings (SSSR count). The second-order valence-corrected chi connectivity index (χ2v) is 6.42. The van der Waals surface area contributed by atoms with E-state index in [4.69, 9.17) is 10.00 Å². The Morgan fingerprint density at radius 2 is 1.76 bits per heavy atom. The van der Waals surface area contributed by atoms with E-state index in [0.717, 1.165) is 18.8 Å². The summed E-state index contributed by atoms with van der Waals surface area (Å²) in [5.41, 5.74) is 5.29. The summed E-state index contributed by atoms with van der Waals surface area (Å²) >= 11 is 0. The summed E-state index contributed by atoms with van der Waals surface area (Å²) in [6, 6.07) is 8.47. The maximum absolute atomic E-state index is 11.7. The second-order valence-electron chi connectivity index (χ2n) is 6.42. The topological polar surface area (TPSA) is 91.2 Å². The van der Waals surface area contributed by atoms with Crippen LogP contribution in [0.1, 0.15) is 56.9 Å². The number of nitrogens with zero attached hydrogens (tertiary/aromatic N) is 1. The van der Waals surface area contributed by atoms with E-state index < -0.39 is 5.91 Å². The number of rotatable bonds is 7. The lowest BCUT2D eigenvalue weighted by Gasteiger charge is -2.21. The largest absolute Gasteiger partial charge is 0.484 e. The molecule has 0 heterocycles. The standard InChI is InChI=1S/C19H25N3O3/c20-13-16-9-11-17(12-10-16)25-14-19(24)22-21-18(23)8-4-7-15-5-2-1-3-6-15/h9-12,15H,1-8,14H2,(H,21,23)(H,22,24). The monoisotopic (exact) mass is 343 g/mol. The number of amides is 2. The molecule has 0 saturated heterocycles. The minimum Gasteiger partial charge on any atom is -0.484 e. The summed E-state index contributed by atoms with van der Waals surface area (Å²) in [5.74, 6) is 0.650. The van der Waals surface area contributed by atoms with Crippen molar-refractivity contribution in [2.45, 2.75) is 51.4 Å². The van der Waals surface area contributed by atoms with Crippen LogP contribution in [0, 0.1) is 17.2 Å². The quantitative estimate of drug-likeness (QED) is 0.745. The highest BCUT2D eigenvalue weighted by molar-refractivity contribution is 5.82. The number of benzene rings is 1. The van der Waals surface area contributed by atoms with Crippen molar-refractivity contribution in [2.75, 3.05) is 6.61 Å². The number of carbonyl (C=O) groups excluding carboxylic acids is 2. The first-order valence-corrected chi connectivity index (χ1v) is 8.88. The summed E-state index contributed by atoms with van der Waals surface area (Å²) in [6.45, 7) is -0.200. The molecule has 6 heteroatoms.